The van der Waals surface area contributed by atoms with Crippen LogP contribution in [0.5, 0.6) is 0 Å². The van der Waals surface area contributed by atoms with Crippen molar-refractivity contribution in [1.29, 1.82) is 0 Å². The van der Waals surface area contributed by atoms with Gasteiger partial charge < -0.3 is 15.5 Å². The van der Waals surface area contributed by atoms with Gasteiger partial charge in [-0.1, -0.05) is 6.07 Å². The minimum Gasteiger partial charge on any atom is -0.357 e. The predicted octanol–water partition coefficient (Wildman–Crippen LogP) is 2.32. The first-order chi connectivity index (χ1) is 11.2. The average molecular weight is 313 g/mol. The van der Waals surface area contributed by atoms with Gasteiger partial charge in [0.05, 0.1) is 0 Å². The molecule has 0 aliphatic heterocycles. The summed E-state index contributed by atoms with van der Waals surface area (Å²) in [5.41, 5.74) is 1.99. The Hall–Kier alpha value is -2.63. The molecule has 0 bridgehead atoms. The molecule has 0 fully saturated rings. The number of nitrogens with one attached hydrogen (secondary N) is 2. The van der Waals surface area contributed by atoms with Crippen LogP contribution in [0.2, 0.25) is 0 Å². The molecular weight excluding hydrogens is 290 g/mol. The molecule has 0 spiro atoms. The lowest BCUT2D eigenvalue weighted by Crippen LogP contribution is -2.34. The Morgan fingerprint density at radius 2 is 1.65 bits per heavy atom. The predicted molar refractivity (Wildman–Crippen MR) is 91.1 cm³/mol. The van der Waals surface area contributed by atoms with E-state index in [1.165, 1.54) is 0 Å². The first-order valence-corrected chi connectivity index (χ1v) is 7.83. The maximum atomic E-state index is 11.8. The number of carbonyl (C=O) groups excluding carboxylic acids is 1. The van der Waals surface area contributed by atoms with Gasteiger partial charge in [0.2, 0.25) is 0 Å². The van der Waals surface area contributed by atoms with Gasteiger partial charge in [-0.25, -0.2) is 9.78 Å². The van der Waals surface area contributed by atoms with E-state index in [0.717, 1.165) is 30.0 Å². The monoisotopic (exact) mass is 313 g/mol. The van der Waals surface area contributed by atoms with E-state index in [0.29, 0.717) is 13.1 Å². The highest BCUT2D eigenvalue weighted by atomic mass is 16.2. The SMILES string of the molecule is CCN(CC)c1ccc(CNC(=O)NCc2ccncc2)cn1. The summed E-state index contributed by atoms with van der Waals surface area (Å²) >= 11 is 0. The van der Waals surface area contributed by atoms with Crippen molar-refractivity contribution >= 4 is 11.8 Å². The van der Waals surface area contributed by atoms with Crippen molar-refractivity contribution in [3.05, 3.63) is 54.0 Å². The summed E-state index contributed by atoms with van der Waals surface area (Å²) in [6.45, 7) is 7.00. The van der Waals surface area contributed by atoms with Gasteiger partial charge in [0.1, 0.15) is 5.82 Å². The third-order valence-electron chi connectivity index (χ3n) is 3.55. The van der Waals surface area contributed by atoms with E-state index in [2.05, 4.69) is 39.3 Å². The number of anilines is 1. The first-order valence-electron chi connectivity index (χ1n) is 7.83. The van der Waals surface area contributed by atoms with Crippen molar-refractivity contribution in [2.75, 3.05) is 18.0 Å². The zero-order valence-electron chi connectivity index (χ0n) is 13.6. The maximum absolute atomic E-state index is 11.8. The lowest BCUT2D eigenvalue weighted by atomic mass is 10.2. The van der Waals surface area contributed by atoms with Crippen molar-refractivity contribution in [3.63, 3.8) is 0 Å². The van der Waals surface area contributed by atoms with Crippen LogP contribution in [0.1, 0.15) is 25.0 Å². The fourth-order valence-corrected chi connectivity index (χ4v) is 2.18. The van der Waals surface area contributed by atoms with Gasteiger partial charge in [0.25, 0.3) is 0 Å². The van der Waals surface area contributed by atoms with Gasteiger partial charge in [-0.05, 0) is 43.2 Å². The minimum atomic E-state index is -0.199. The average Bonchev–Trinajstić information content (AvgIpc) is 2.61. The van der Waals surface area contributed by atoms with Crippen LogP contribution in [0.15, 0.2) is 42.9 Å². The molecule has 2 aromatic rings. The van der Waals surface area contributed by atoms with E-state index in [9.17, 15) is 4.79 Å². The molecular formula is C17H23N5O. The Bertz CT molecular complexity index is 596. The zero-order valence-corrected chi connectivity index (χ0v) is 13.6. The molecule has 2 heterocycles. The Labute approximate surface area is 137 Å². The molecule has 2 rings (SSSR count). The Morgan fingerprint density at radius 3 is 2.22 bits per heavy atom. The topological polar surface area (TPSA) is 70.2 Å². The molecule has 122 valence electrons. The van der Waals surface area contributed by atoms with Crippen molar-refractivity contribution in [3.8, 4) is 0 Å². The van der Waals surface area contributed by atoms with Crippen LogP contribution in [-0.2, 0) is 13.1 Å². The van der Waals surface area contributed by atoms with Crippen LogP contribution in [0.3, 0.4) is 0 Å². The van der Waals surface area contributed by atoms with Gasteiger partial charge in [-0.3, -0.25) is 4.98 Å². The van der Waals surface area contributed by atoms with E-state index in [1.807, 2.05) is 24.3 Å². The number of nitrogens with zero attached hydrogens (tertiary/aromatic N) is 3. The van der Waals surface area contributed by atoms with Gasteiger partial charge in [-0.15, -0.1) is 0 Å². The van der Waals surface area contributed by atoms with Gasteiger partial charge in [0.15, 0.2) is 0 Å². The van der Waals surface area contributed by atoms with Crippen molar-refractivity contribution in [2.24, 2.45) is 0 Å². The van der Waals surface area contributed by atoms with Crippen molar-refractivity contribution < 1.29 is 4.79 Å². The summed E-state index contributed by atoms with van der Waals surface area (Å²) in [4.78, 5) is 22.4. The summed E-state index contributed by atoms with van der Waals surface area (Å²) in [5.74, 6) is 0.959. The number of amides is 2. The molecule has 0 saturated heterocycles. The van der Waals surface area contributed by atoms with E-state index in [4.69, 9.17) is 0 Å². The lowest BCUT2D eigenvalue weighted by Gasteiger charge is -2.19. The molecule has 0 aliphatic carbocycles. The first kappa shape index (κ1) is 16.7. The fraction of sp³-hybridized carbons (Fsp3) is 0.353. The minimum absolute atomic E-state index is 0.199. The quantitative estimate of drug-likeness (QED) is 0.823. The van der Waals surface area contributed by atoms with E-state index < -0.39 is 0 Å². The fourth-order valence-electron chi connectivity index (χ4n) is 2.18. The molecule has 0 atom stereocenters. The zero-order chi connectivity index (χ0) is 16.5. The molecule has 23 heavy (non-hydrogen) atoms. The second-order valence-electron chi connectivity index (χ2n) is 5.09. The van der Waals surface area contributed by atoms with Crippen LogP contribution < -0.4 is 15.5 Å². The Morgan fingerprint density at radius 1 is 1.00 bits per heavy atom. The standard InChI is InChI=1S/C17H23N5O/c1-3-22(4-2)16-6-5-15(12-19-16)13-21-17(23)20-11-14-7-9-18-10-8-14/h5-10,12H,3-4,11,13H2,1-2H3,(H2,20,21,23). The third-order valence-corrected chi connectivity index (χ3v) is 3.55. The van der Waals surface area contributed by atoms with Gasteiger partial charge in [0, 0.05) is 44.8 Å². The van der Waals surface area contributed by atoms with Crippen LogP contribution in [0, 0.1) is 0 Å². The Kier molecular flexibility index (Phi) is 6.35. The van der Waals surface area contributed by atoms with Crippen LogP contribution >= 0.6 is 0 Å². The second kappa shape index (κ2) is 8.73. The summed E-state index contributed by atoms with van der Waals surface area (Å²) in [5, 5.41) is 5.64. The number of urea groups is 1. The van der Waals surface area contributed by atoms with E-state index >= 15 is 0 Å². The number of hydrogen-bond donors (Lipinski definition) is 2. The molecule has 0 saturated carbocycles. The van der Waals surface area contributed by atoms with E-state index in [-0.39, 0.29) is 6.03 Å². The molecule has 6 nitrogen and oxygen atoms in total. The molecule has 6 heteroatoms. The van der Waals surface area contributed by atoms with Crippen molar-refractivity contribution in [2.45, 2.75) is 26.9 Å². The highest BCUT2D eigenvalue weighted by Crippen LogP contribution is 2.10. The number of pyridine rings is 2. The summed E-state index contributed by atoms with van der Waals surface area (Å²) < 4.78 is 0. The van der Waals surface area contributed by atoms with E-state index in [1.54, 1.807) is 18.6 Å². The van der Waals surface area contributed by atoms with Crippen LogP contribution in [0.4, 0.5) is 10.6 Å². The third kappa shape index (κ3) is 5.25. The summed E-state index contributed by atoms with van der Waals surface area (Å²) in [6, 6.07) is 7.52. The number of aromatic nitrogens is 2. The molecule has 2 N–H and O–H groups in total. The summed E-state index contributed by atoms with van der Waals surface area (Å²) in [7, 11) is 0. The molecule has 0 unspecified atom stereocenters. The lowest BCUT2D eigenvalue weighted by molar-refractivity contribution is 0.240. The van der Waals surface area contributed by atoms with Gasteiger partial charge >= 0.3 is 6.03 Å². The van der Waals surface area contributed by atoms with Crippen LogP contribution in [0.25, 0.3) is 0 Å². The molecule has 2 amide bonds. The number of hydrogen-bond acceptors (Lipinski definition) is 4. The largest absolute Gasteiger partial charge is 0.357 e. The van der Waals surface area contributed by atoms with Crippen LogP contribution in [-0.4, -0.2) is 29.1 Å². The molecule has 0 radical (unpaired) electrons. The number of carbonyl (C=O) groups is 1. The van der Waals surface area contributed by atoms with Gasteiger partial charge in [-0.2, -0.15) is 0 Å². The maximum Gasteiger partial charge on any atom is 0.315 e. The highest BCUT2D eigenvalue weighted by Gasteiger charge is 2.04. The highest BCUT2D eigenvalue weighted by molar-refractivity contribution is 5.73. The van der Waals surface area contributed by atoms with Crippen molar-refractivity contribution in [1.82, 2.24) is 20.6 Å². The summed E-state index contributed by atoms with van der Waals surface area (Å²) in [6.07, 6.45) is 5.22. The molecule has 0 aliphatic rings. The number of rotatable bonds is 7. The smallest absolute Gasteiger partial charge is 0.315 e. The normalized spacial score (nSPS) is 10.2. The molecule has 0 aromatic carbocycles. The molecule has 2 aromatic heterocycles. The second-order valence-corrected chi connectivity index (χ2v) is 5.09. The Balaban J connectivity index is 1.78.